The number of hydrogen-bond acceptors (Lipinski definition) is 2. The first-order chi connectivity index (χ1) is 11.8. The number of hydrogen-bond donors (Lipinski definition) is 0. The summed E-state index contributed by atoms with van der Waals surface area (Å²) < 4.78 is 8.82. The van der Waals surface area contributed by atoms with Gasteiger partial charge in [0.2, 0.25) is 0 Å². The Labute approximate surface area is 145 Å². The van der Waals surface area contributed by atoms with Crippen LogP contribution in [0.25, 0.3) is 0 Å². The monoisotopic (exact) mass is 379 g/mol. The summed E-state index contributed by atoms with van der Waals surface area (Å²) in [6, 6.07) is 31.2. The van der Waals surface area contributed by atoms with Crippen LogP contribution in [-0.4, -0.2) is 26.6 Å². The van der Waals surface area contributed by atoms with Crippen LogP contribution in [0.2, 0.25) is 5.21 Å². The predicted molar refractivity (Wildman–Crippen MR) is 101 cm³/mol. The molecule has 0 spiro atoms. The van der Waals surface area contributed by atoms with Crippen molar-refractivity contribution in [3.63, 3.8) is 0 Å². The Kier molecular flexibility index (Phi) is 5.17. The second-order valence-electron chi connectivity index (χ2n) is 5.55. The quantitative estimate of drug-likeness (QED) is 0.503. The molecule has 0 fully saturated rings. The second kappa shape index (κ2) is 7.51. The Balaban J connectivity index is 2.30. The van der Waals surface area contributed by atoms with E-state index in [1.165, 1.54) is 20.2 Å². The average Bonchev–Trinajstić information content (AvgIpc) is 2.68. The molecule has 0 aliphatic heterocycles. The van der Waals surface area contributed by atoms with E-state index in [0.717, 1.165) is 0 Å². The molecule has 0 heterocycles. The molecule has 3 rings (SSSR count). The first kappa shape index (κ1) is 16.5. The van der Waals surface area contributed by atoms with E-state index in [4.69, 9.17) is 4.74 Å². The predicted octanol–water partition coefficient (Wildman–Crippen LogP) is 2.33. The molecule has 3 aromatic carbocycles. The van der Waals surface area contributed by atoms with Crippen LogP contribution in [0.5, 0.6) is 0 Å². The SMILES string of the molecule is COC(=O)C[As+](c1ccccc1)(c1ccccc1)c1ccccc1. The molecule has 0 radical (unpaired) electrons. The summed E-state index contributed by atoms with van der Waals surface area (Å²) in [7, 11) is 1.47. The van der Waals surface area contributed by atoms with E-state index in [-0.39, 0.29) is 5.97 Å². The molecule has 0 saturated carbocycles. The summed E-state index contributed by atoms with van der Waals surface area (Å²) in [6.45, 7) is 0. The first-order valence-electron chi connectivity index (χ1n) is 7.89. The minimum atomic E-state index is -2.94. The summed E-state index contributed by atoms with van der Waals surface area (Å²) in [5.74, 6) is -0.154. The van der Waals surface area contributed by atoms with Gasteiger partial charge in [-0.3, -0.25) is 0 Å². The summed E-state index contributed by atoms with van der Waals surface area (Å²) in [4.78, 5) is 12.4. The fraction of sp³-hybridized carbons (Fsp3) is 0.0952. The van der Waals surface area contributed by atoms with Crippen molar-refractivity contribution in [3.05, 3.63) is 91.0 Å². The number of esters is 1. The molecule has 0 saturated heterocycles. The molecule has 0 bridgehead atoms. The summed E-state index contributed by atoms with van der Waals surface area (Å²) in [6.07, 6.45) is 0. The number of rotatable bonds is 5. The van der Waals surface area contributed by atoms with Crippen molar-refractivity contribution in [2.45, 2.75) is 5.21 Å². The van der Waals surface area contributed by atoms with Gasteiger partial charge in [0.1, 0.15) is 0 Å². The van der Waals surface area contributed by atoms with Gasteiger partial charge in [0.05, 0.1) is 0 Å². The molecule has 3 aromatic rings. The van der Waals surface area contributed by atoms with E-state index < -0.39 is 13.6 Å². The average molecular weight is 379 g/mol. The minimum absolute atomic E-state index is 0.154. The number of carbonyl (C=O) groups excluding carboxylic acids is 1. The van der Waals surface area contributed by atoms with Crippen molar-refractivity contribution in [1.29, 1.82) is 0 Å². The van der Waals surface area contributed by atoms with E-state index in [1.54, 1.807) is 0 Å². The fourth-order valence-corrected chi connectivity index (χ4v) is 11.4. The van der Waals surface area contributed by atoms with Gasteiger partial charge >= 0.3 is 145 Å². The molecule has 120 valence electrons. The van der Waals surface area contributed by atoms with Crippen molar-refractivity contribution in [1.82, 2.24) is 0 Å². The maximum absolute atomic E-state index is 12.4. The van der Waals surface area contributed by atoms with Gasteiger partial charge in [-0.2, -0.15) is 0 Å². The molecule has 0 aliphatic rings. The third-order valence-electron chi connectivity index (χ3n) is 4.18. The van der Waals surface area contributed by atoms with Gasteiger partial charge in [-0.1, -0.05) is 0 Å². The molecule has 0 aromatic heterocycles. The molecule has 0 atom stereocenters. The maximum atomic E-state index is 12.4. The zero-order chi connectivity index (χ0) is 16.8. The van der Waals surface area contributed by atoms with E-state index in [2.05, 4.69) is 72.8 Å². The third kappa shape index (κ3) is 3.15. The van der Waals surface area contributed by atoms with Crippen LogP contribution >= 0.6 is 0 Å². The zero-order valence-electron chi connectivity index (χ0n) is 13.6. The summed E-state index contributed by atoms with van der Waals surface area (Å²) in [5.41, 5.74) is 0. The van der Waals surface area contributed by atoms with Gasteiger partial charge < -0.3 is 0 Å². The molecule has 0 N–H and O–H groups in total. The molecule has 3 heteroatoms. The fourth-order valence-electron chi connectivity index (χ4n) is 3.03. The molecule has 2 nitrogen and oxygen atoms in total. The van der Waals surface area contributed by atoms with Crippen molar-refractivity contribution in [3.8, 4) is 0 Å². The van der Waals surface area contributed by atoms with Crippen LogP contribution in [0, 0.1) is 0 Å². The summed E-state index contributed by atoms with van der Waals surface area (Å²) >= 11 is -2.94. The first-order valence-corrected chi connectivity index (χ1v) is 12.0. The zero-order valence-corrected chi connectivity index (χ0v) is 15.5. The van der Waals surface area contributed by atoms with Crippen molar-refractivity contribution >= 4 is 32.6 Å². The standard InChI is InChI=1S/C21H20AsO2/c1-24-21(23)17-22(18-11-5-2-6-12-18,19-13-7-3-8-14-19)20-15-9-4-10-16-20/h2-16H,17H2,1H3/q+1. The van der Waals surface area contributed by atoms with Crippen LogP contribution in [-0.2, 0) is 9.53 Å². The van der Waals surface area contributed by atoms with Gasteiger partial charge in [-0.25, -0.2) is 0 Å². The van der Waals surface area contributed by atoms with E-state index in [0.29, 0.717) is 5.21 Å². The van der Waals surface area contributed by atoms with Gasteiger partial charge in [-0.15, -0.1) is 0 Å². The third-order valence-corrected chi connectivity index (χ3v) is 13.1. The normalized spacial score (nSPS) is 11.0. The summed E-state index contributed by atoms with van der Waals surface area (Å²) in [5, 5.41) is 0.423. The van der Waals surface area contributed by atoms with Gasteiger partial charge in [-0.05, 0) is 0 Å². The number of benzene rings is 3. The van der Waals surface area contributed by atoms with Crippen LogP contribution in [0.4, 0.5) is 0 Å². The van der Waals surface area contributed by atoms with Gasteiger partial charge in [0, 0.05) is 0 Å². The molecule has 0 aliphatic carbocycles. The van der Waals surface area contributed by atoms with E-state index in [1.807, 2.05) is 18.2 Å². The number of methoxy groups -OCH3 is 1. The Morgan fingerprint density at radius 1 is 0.708 bits per heavy atom. The van der Waals surface area contributed by atoms with Crippen molar-refractivity contribution in [2.24, 2.45) is 0 Å². The van der Waals surface area contributed by atoms with Crippen LogP contribution in [0.1, 0.15) is 0 Å². The molecule has 24 heavy (non-hydrogen) atoms. The van der Waals surface area contributed by atoms with Crippen molar-refractivity contribution in [2.75, 3.05) is 7.11 Å². The van der Waals surface area contributed by atoms with Crippen molar-refractivity contribution < 1.29 is 9.53 Å². The molecule has 0 amide bonds. The van der Waals surface area contributed by atoms with Gasteiger partial charge in [0.25, 0.3) is 0 Å². The Hall–Kier alpha value is -2.31. The van der Waals surface area contributed by atoms with Crippen LogP contribution in [0.15, 0.2) is 91.0 Å². The number of ether oxygens (including phenoxy) is 1. The second-order valence-corrected chi connectivity index (χ2v) is 12.9. The topological polar surface area (TPSA) is 26.3 Å². The number of carbonyl (C=O) groups is 1. The van der Waals surface area contributed by atoms with E-state index in [9.17, 15) is 4.79 Å². The van der Waals surface area contributed by atoms with Crippen LogP contribution in [0.3, 0.4) is 0 Å². The Morgan fingerprint density at radius 2 is 1.04 bits per heavy atom. The van der Waals surface area contributed by atoms with E-state index >= 15 is 0 Å². The Morgan fingerprint density at radius 3 is 1.33 bits per heavy atom. The molecular formula is C21H20AsO2+. The van der Waals surface area contributed by atoms with Gasteiger partial charge in [0.15, 0.2) is 0 Å². The molecular weight excluding hydrogens is 359 g/mol. The Bertz CT molecular complexity index is 689. The molecule has 0 unspecified atom stereocenters. The van der Waals surface area contributed by atoms with Crippen LogP contribution < -0.4 is 13.1 Å².